The van der Waals surface area contributed by atoms with Gasteiger partial charge in [-0.3, -0.25) is 4.79 Å². The molecule has 0 bridgehead atoms. The Bertz CT molecular complexity index is 346. The normalized spacial score (nSPS) is 17.1. The number of nitrogens with two attached hydrogens (primary N) is 1. The van der Waals surface area contributed by atoms with E-state index in [0.29, 0.717) is 12.6 Å². The summed E-state index contributed by atoms with van der Waals surface area (Å²) in [5.41, 5.74) is 5.56. The highest BCUT2D eigenvalue weighted by atomic mass is 32.1. The molecule has 0 saturated heterocycles. The molecule has 1 aliphatic rings. The van der Waals surface area contributed by atoms with Crippen LogP contribution in [-0.2, 0) is 11.3 Å². The van der Waals surface area contributed by atoms with Gasteiger partial charge in [-0.1, -0.05) is 13.0 Å². The van der Waals surface area contributed by atoms with Crippen molar-refractivity contribution in [1.82, 2.24) is 4.90 Å². The number of nitrogens with zero attached hydrogens (tertiary/aromatic N) is 1. The molecule has 0 radical (unpaired) electrons. The zero-order valence-corrected chi connectivity index (χ0v) is 10.4. The van der Waals surface area contributed by atoms with E-state index in [9.17, 15) is 4.79 Å². The minimum absolute atomic E-state index is 0.0550. The molecule has 0 spiro atoms. The van der Waals surface area contributed by atoms with Gasteiger partial charge in [0, 0.05) is 23.4 Å². The summed E-state index contributed by atoms with van der Waals surface area (Å²) < 4.78 is 0. The number of carbonyl (C=O) groups is 1. The van der Waals surface area contributed by atoms with Crippen LogP contribution in [0.1, 0.15) is 24.6 Å². The first-order valence-electron chi connectivity index (χ1n) is 5.75. The predicted molar refractivity (Wildman–Crippen MR) is 66.1 cm³/mol. The van der Waals surface area contributed by atoms with Crippen molar-refractivity contribution >= 4 is 17.2 Å². The summed E-state index contributed by atoms with van der Waals surface area (Å²) in [6, 6.07) is 4.58. The number of rotatable bonds is 5. The van der Waals surface area contributed by atoms with Crippen LogP contribution in [0.3, 0.4) is 0 Å². The maximum atomic E-state index is 12.1. The maximum absolute atomic E-state index is 12.1. The van der Waals surface area contributed by atoms with Crippen molar-refractivity contribution < 1.29 is 4.79 Å². The molecule has 3 nitrogen and oxygen atoms in total. The van der Waals surface area contributed by atoms with Gasteiger partial charge in [0.25, 0.3) is 0 Å². The van der Waals surface area contributed by atoms with E-state index >= 15 is 0 Å². The Balaban J connectivity index is 2.02. The van der Waals surface area contributed by atoms with Crippen LogP contribution in [-0.4, -0.2) is 23.4 Å². The number of hydrogen-bond donors (Lipinski definition) is 1. The van der Waals surface area contributed by atoms with E-state index in [1.807, 2.05) is 17.9 Å². The summed E-state index contributed by atoms with van der Waals surface area (Å²) in [6.07, 6.45) is 2.29. The van der Waals surface area contributed by atoms with E-state index < -0.39 is 0 Å². The number of amides is 1. The summed E-state index contributed by atoms with van der Waals surface area (Å²) >= 11 is 1.71. The van der Waals surface area contributed by atoms with Crippen LogP contribution >= 0.6 is 11.3 Å². The summed E-state index contributed by atoms with van der Waals surface area (Å²) in [7, 11) is 0. The highest BCUT2D eigenvalue weighted by Gasteiger charge is 2.34. The molecule has 1 unspecified atom stereocenters. The highest BCUT2D eigenvalue weighted by Crippen LogP contribution is 2.30. The zero-order valence-electron chi connectivity index (χ0n) is 9.56. The number of carbonyl (C=O) groups excluding carboxylic acids is 1. The second kappa shape index (κ2) is 4.97. The monoisotopic (exact) mass is 238 g/mol. The molecule has 1 atom stereocenters. The van der Waals surface area contributed by atoms with E-state index in [-0.39, 0.29) is 11.8 Å². The Morgan fingerprint density at radius 1 is 1.69 bits per heavy atom. The van der Waals surface area contributed by atoms with Crippen LogP contribution in [0.4, 0.5) is 0 Å². The highest BCUT2D eigenvalue weighted by molar-refractivity contribution is 7.09. The third kappa shape index (κ3) is 2.62. The van der Waals surface area contributed by atoms with Crippen LogP contribution in [0, 0.1) is 5.92 Å². The molecule has 1 fully saturated rings. The average Bonchev–Trinajstić information content (AvgIpc) is 3.01. The van der Waals surface area contributed by atoms with Crippen LogP contribution in [0.2, 0.25) is 0 Å². The Kier molecular flexibility index (Phi) is 3.61. The molecule has 1 heterocycles. The van der Waals surface area contributed by atoms with Gasteiger partial charge in [0.1, 0.15) is 0 Å². The molecular formula is C12H18N2OS. The third-order valence-corrected chi connectivity index (χ3v) is 3.81. The fraction of sp³-hybridized carbons (Fsp3) is 0.583. The lowest BCUT2D eigenvalue weighted by Crippen LogP contribution is -2.38. The van der Waals surface area contributed by atoms with Gasteiger partial charge in [0.05, 0.1) is 6.54 Å². The van der Waals surface area contributed by atoms with Gasteiger partial charge in [0.2, 0.25) is 5.91 Å². The van der Waals surface area contributed by atoms with E-state index in [0.717, 1.165) is 19.4 Å². The zero-order chi connectivity index (χ0) is 11.5. The molecule has 2 rings (SSSR count). The molecule has 2 N–H and O–H groups in total. The fourth-order valence-electron chi connectivity index (χ4n) is 1.73. The van der Waals surface area contributed by atoms with Gasteiger partial charge in [0.15, 0.2) is 0 Å². The lowest BCUT2D eigenvalue weighted by Gasteiger charge is -2.24. The van der Waals surface area contributed by atoms with Crippen LogP contribution in [0.15, 0.2) is 17.5 Å². The Hall–Kier alpha value is -0.870. The minimum atomic E-state index is -0.0550. The summed E-state index contributed by atoms with van der Waals surface area (Å²) in [6.45, 7) is 3.10. The van der Waals surface area contributed by atoms with E-state index in [1.165, 1.54) is 4.88 Å². The summed E-state index contributed by atoms with van der Waals surface area (Å²) in [5, 5.41) is 2.05. The first-order valence-corrected chi connectivity index (χ1v) is 6.63. The molecule has 1 aliphatic carbocycles. The second-order valence-corrected chi connectivity index (χ2v) is 5.45. The van der Waals surface area contributed by atoms with Gasteiger partial charge < -0.3 is 10.6 Å². The van der Waals surface area contributed by atoms with E-state index in [2.05, 4.69) is 11.4 Å². The van der Waals surface area contributed by atoms with Gasteiger partial charge in [-0.25, -0.2) is 0 Å². The van der Waals surface area contributed by atoms with Crippen LogP contribution < -0.4 is 5.73 Å². The van der Waals surface area contributed by atoms with Gasteiger partial charge >= 0.3 is 0 Å². The minimum Gasteiger partial charge on any atom is -0.334 e. The molecule has 1 saturated carbocycles. The molecule has 1 amide bonds. The number of hydrogen-bond acceptors (Lipinski definition) is 3. The van der Waals surface area contributed by atoms with Crippen molar-refractivity contribution in [3.05, 3.63) is 22.4 Å². The summed E-state index contributed by atoms with van der Waals surface area (Å²) in [5.74, 6) is 0.152. The lowest BCUT2D eigenvalue weighted by molar-refractivity contribution is -0.135. The van der Waals surface area contributed by atoms with E-state index in [1.54, 1.807) is 11.3 Å². The van der Waals surface area contributed by atoms with Crippen molar-refractivity contribution in [3.8, 4) is 0 Å². The Labute approximate surface area is 100 Å². The molecule has 16 heavy (non-hydrogen) atoms. The molecule has 0 aromatic carbocycles. The third-order valence-electron chi connectivity index (χ3n) is 2.95. The molecular weight excluding hydrogens is 220 g/mol. The topological polar surface area (TPSA) is 46.3 Å². The maximum Gasteiger partial charge on any atom is 0.227 e. The predicted octanol–water partition coefficient (Wildman–Crippen LogP) is 1.83. The van der Waals surface area contributed by atoms with Crippen molar-refractivity contribution in [2.45, 2.75) is 32.4 Å². The lowest BCUT2D eigenvalue weighted by atomic mass is 10.1. The first kappa shape index (κ1) is 11.6. The second-order valence-electron chi connectivity index (χ2n) is 4.41. The van der Waals surface area contributed by atoms with Gasteiger partial charge in [-0.05, 0) is 24.3 Å². The largest absolute Gasteiger partial charge is 0.334 e. The van der Waals surface area contributed by atoms with Crippen molar-refractivity contribution in [2.24, 2.45) is 11.7 Å². The van der Waals surface area contributed by atoms with Gasteiger partial charge in [-0.15, -0.1) is 11.3 Å². The first-order chi connectivity index (χ1) is 7.72. The van der Waals surface area contributed by atoms with Crippen molar-refractivity contribution in [2.75, 3.05) is 6.54 Å². The molecule has 1 aromatic rings. The smallest absolute Gasteiger partial charge is 0.227 e. The van der Waals surface area contributed by atoms with Crippen LogP contribution in [0.5, 0.6) is 0 Å². The standard InChI is InChI=1S/C12H18N2OS/c1-9(7-13)12(15)14(10-4-5-10)8-11-3-2-6-16-11/h2-3,6,9-10H,4-5,7-8,13H2,1H3. The van der Waals surface area contributed by atoms with Crippen molar-refractivity contribution in [3.63, 3.8) is 0 Å². The summed E-state index contributed by atoms with van der Waals surface area (Å²) in [4.78, 5) is 15.4. The average molecular weight is 238 g/mol. The van der Waals surface area contributed by atoms with Crippen molar-refractivity contribution in [1.29, 1.82) is 0 Å². The molecule has 88 valence electrons. The molecule has 4 heteroatoms. The molecule has 0 aliphatic heterocycles. The SMILES string of the molecule is CC(CN)C(=O)N(Cc1cccs1)C1CC1. The number of thiophene rings is 1. The fourth-order valence-corrected chi connectivity index (χ4v) is 2.43. The van der Waals surface area contributed by atoms with Crippen LogP contribution in [0.25, 0.3) is 0 Å². The van der Waals surface area contributed by atoms with E-state index in [4.69, 9.17) is 5.73 Å². The Morgan fingerprint density at radius 2 is 2.44 bits per heavy atom. The van der Waals surface area contributed by atoms with Gasteiger partial charge in [-0.2, -0.15) is 0 Å². The molecule has 1 aromatic heterocycles. The quantitative estimate of drug-likeness (QED) is 0.850. The Morgan fingerprint density at radius 3 is 2.94 bits per heavy atom.